The molecule has 2 aliphatic rings. The molecule has 2 aliphatic heterocycles. The zero-order valence-electron chi connectivity index (χ0n) is 28.0. The Morgan fingerprint density at radius 3 is 0.818 bits per heavy atom. The standard InChI is InChI=1S/C42H46N2/c1-13-27-17-31-23(9)43(21(5)6)24(10)32-19-29(15-3)37-38-30(16-4)20-34-26(12)44(22(7)8)25(11)33-18-28(14-2)36(42(38)40(33)34)35(27)41(37)39(31)32/h17-22H,9-16H2,1-8H3. The van der Waals surface area contributed by atoms with Crippen LogP contribution < -0.4 is 0 Å². The Hall–Kier alpha value is -4.04. The first kappa shape index (κ1) is 28.7. The highest BCUT2D eigenvalue weighted by molar-refractivity contribution is 6.39. The van der Waals surface area contributed by atoms with Crippen molar-refractivity contribution in [3.05, 3.63) is 95.1 Å². The normalized spacial score (nSPS) is 15.2. The summed E-state index contributed by atoms with van der Waals surface area (Å²) in [6.07, 6.45) is 3.84. The predicted molar refractivity (Wildman–Crippen MR) is 195 cm³/mol. The van der Waals surface area contributed by atoms with Crippen LogP contribution in [0.25, 0.3) is 65.9 Å². The van der Waals surface area contributed by atoms with Crippen LogP contribution >= 0.6 is 0 Å². The highest BCUT2D eigenvalue weighted by Gasteiger charge is 2.34. The van der Waals surface area contributed by atoms with Gasteiger partial charge in [0.2, 0.25) is 0 Å². The number of benzene rings is 5. The zero-order valence-corrected chi connectivity index (χ0v) is 28.0. The fourth-order valence-electron chi connectivity index (χ4n) is 8.75. The van der Waals surface area contributed by atoms with Gasteiger partial charge in [-0.25, -0.2) is 0 Å². The number of hydrogen-bond acceptors (Lipinski definition) is 2. The van der Waals surface area contributed by atoms with Crippen molar-refractivity contribution in [1.82, 2.24) is 9.80 Å². The molecule has 0 unspecified atom stereocenters. The molecule has 2 heteroatoms. The molecular weight excluding hydrogens is 532 g/mol. The summed E-state index contributed by atoms with van der Waals surface area (Å²) in [5.41, 5.74) is 14.9. The molecule has 0 saturated carbocycles. The van der Waals surface area contributed by atoms with Crippen molar-refractivity contribution < 1.29 is 0 Å². The van der Waals surface area contributed by atoms with E-state index in [4.69, 9.17) is 0 Å². The van der Waals surface area contributed by atoms with Gasteiger partial charge in [-0.1, -0.05) is 54.0 Å². The monoisotopic (exact) mass is 578 g/mol. The molecule has 224 valence electrons. The third-order valence-corrected chi connectivity index (χ3v) is 10.6. The van der Waals surface area contributed by atoms with Crippen molar-refractivity contribution in [2.75, 3.05) is 0 Å². The van der Waals surface area contributed by atoms with Crippen LogP contribution in [0.2, 0.25) is 0 Å². The average molecular weight is 579 g/mol. The summed E-state index contributed by atoms with van der Waals surface area (Å²) in [5.74, 6) is 0. The molecule has 0 fully saturated rings. The lowest BCUT2D eigenvalue weighted by molar-refractivity contribution is 0.458. The van der Waals surface area contributed by atoms with Gasteiger partial charge in [-0.05, 0) is 132 Å². The van der Waals surface area contributed by atoms with Gasteiger partial charge in [0.05, 0.1) is 0 Å². The van der Waals surface area contributed by atoms with E-state index in [1.165, 1.54) is 87.6 Å². The minimum absolute atomic E-state index is 0.280. The molecule has 0 aromatic heterocycles. The van der Waals surface area contributed by atoms with Crippen LogP contribution in [0.4, 0.5) is 0 Å². The predicted octanol–water partition coefficient (Wildman–Crippen LogP) is 11.3. The van der Waals surface area contributed by atoms with Crippen LogP contribution in [0.3, 0.4) is 0 Å². The lowest BCUT2D eigenvalue weighted by Gasteiger charge is -2.40. The third-order valence-electron chi connectivity index (χ3n) is 10.6. The third kappa shape index (κ3) is 3.37. The molecule has 5 aromatic carbocycles. The quantitative estimate of drug-likeness (QED) is 0.146. The largest absolute Gasteiger partial charge is 0.339 e. The first-order valence-electron chi connectivity index (χ1n) is 16.7. The second-order valence-corrected chi connectivity index (χ2v) is 13.5. The molecule has 0 N–H and O–H groups in total. The summed E-state index contributed by atoms with van der Waals surface area (Å²) in [4.78, 5) is 4.68. The molecule has 0 aliphatic carbocycles. The van der Waals surface area contributed by atoms with Crippen molar-refractivity contribution >= 4 is 65.9 Å². The maximum Gasteiger partial charge on any atom is 0.0420 e. The van der Waals surface area contributed by atoms with Gasteiger partial charge in [0.25, 0.3) is 0 Å². The number of rotatable bonds is 6. The van der Waals surface area contributed by atoms with Crippen LogP contribution in [0.1, 0.15) is 99.9 Å². The number of fused-ring (bicyclic) bond motifs is 2. The van der Waals surface area contributed by atoms with Gasteiger partial charge in [-0.2, -0.15) is 0 Å². The van der Waals surface area contributed by atoms with Crippen LogP contribution in [0, 0.1) is 0 Å². The van der Waals surface area contributed by atoms with Gasteiger partial charge < -0.3 is 9.80 Å². The number of hydrogen-bond donors (Lipinski definition) is 0. The van der Waals surface area contributed by atoms with E-state index in [1.54, 1.807) is 0 Å². The summed E-state index contributed by atoms with van der Waals surface area (Å²) in [7, 11) is 0. The fourth-order valence-corrected chi connectivity index (χ4v) is 8.75. The van der Waals surface area contributed by atoms with Crippen LogP contribution in [-0.2, 0) is 25.7 Å². The van der Waals surface area contributed by atoms with E-state index >= 15 is 0 Å². The van der Waals surface area contributed by atoms with Crippen molar-refractivity contribution in [3.8, 4) is 0 Å². The minimum atomic E-state index is 0.280. The van der Waals surface area contributed by atoms with Gasteiger partial charge in [-0.3, -0.25) is 0 Å². The molecular formula is C42H46N2. The summed E-state index contributed by atoms with van der Waals surface area (Å²) in [6, 6.07) is 10.4. The van der Waals surface area contributed by atoms with Gasteiger partial charge in [0.1, 0.15) is 0 Å². The Kier molecular flexibility index (Phi) is 6.35. The molecule has 0 radical (unpaired) electrons. The van der Waals surface area contributed by atoms with E-state index in [2.05, 4.69) is 116 Å². The van der Waals surface area contributed by atoms with Crippen molar-refractivity contribution in [2.24, 2.45) is 0 Å². The van der Waals surface area contributed by atoms with Crippen molar-refractivity contribution in [3.63, 3.8) is 0 Å². The number of aryl methyl sites for hydroxylation is 4. The Labute approximate surface area is 263 Å². The van der Waals surface area contributed by atoms with Gasteiger partial charge in [0.15, 0.2) is 0 Å². The molecule has 0 atom stereocenters. The lowest BCUT2D eigenvalue weighted by Crippen LogP contribution is -2.30. The molecule has 0 bridgehead atoms. The van der Waals surface area contributed by atoms with Gasteiger partial charge in [-0.15, -0.1) is 0 Å². The molecule has 44 heavy (non-hydrogen) atoms. The Bertz CT molecular complexity index is 1840. The van der Waals surface area contributed by atoms with Gasteiger partial charge >= 0.3 is 0 Å². The summed E-state index contributed by atoms with van der Waals surface area (Å²) in [6.45, 7) is 37.0. The summed E-state index contributed by atoms with van der Waals surface area (Å²) in [5, 5.41) is 11.2. The van der Waals surface area contributed by atoms with E-state index in [9.17, 15) is 0 Å². The fraction of sp³-hybridized carbons (Fsp3) is 0.333. The van der Waals surface area contributed by atoms with Crippen LogP contribution in [0.15, 0.2) is 50.6 Å². The van der Waals surface area contributed by atoms with Crippen LogP contribution in [-0.4, -0.2) is 21.9 Å². The van der Waals surface area contributed by atoms with Crippen molar-refractivity contribution in [1.29, 1.82) is 0 Å². The SMILES string of the molecule is C=C1c2cc(CC)c3c4c(CC)cc5c6c(cc(CC)c(c7c(CC)cc(c2c37)C(=C)N1C(C)C)c64)C(=C)N(C(C)C)C5=C. The average Bonchev–Trinajstić information content (AvgIpc) is 3.00. The zero-order chi connectivity index (χ0) is 31.5. The first-order valence-corrected chi connectivity index (χ1v) is 16.7. The van der Waals surface area contributed by atoms with Crippen LogP contribution in [0.5, 0.6) is 0 Å². The molecule has 7 rings (SSSR count). The van der Waals surface area contributed by atoms with Gasteiger partial charge in [0, 0.05) is 67.9 Å². The topological polar surface area (TPSA) is 6.48 Å². The smallest absolute Gasteiger partial charge is 0.0420 e. The molecule has 5 aromatic rings. The second-order valence-electron chi connectivity index (χ2n) is 13.5. The molecule has 0 amide bonds. The summed E-state index contributed by atoms with van der Waals surface area (Å²) >= 11 is 0. The molecule has 0 saturated heterocycles. The Balaban J connectivity index is 1.84. The molecule has 2 heterocycles. The van der Waals surface area contributed by atoms with E-state index in [0.29, 0.717) is 0 Å². The minimum Gasteiger partial charge on any atom is -0.339 e. The van der Waals surface area contributed by atoms with E-state index < -0.39 is 0 Å². The lowest BCUT2D eigenvalue weighted by atomic mass is 9.75. The molecule has 0 spiro atoms. The maximum absolute atomic E-state index is 4.68. The Morgan fingerprint density at radius 1 is 0.409 bits per heavy atom. The maximum atomic E-state index is 4.68. The van der Waals surface area contributed by atoms with E-state index in [1.807, 2.05) is 0 Å². The summed E-state index contributed by atoms with van der Waals surface area (Å²) < 4.78 is 0. The van der Waals surface area contributed by atoms with E-state index in [0.717, 1.165) is 48.5 Å². The first-order chi connectivity index (χ1) is 21.0. The van der Waals surface area contributed by atoms with E-state index in [-0.39, 0.29) is 12.1 Å². The molecule has 2 nitrogen and oxygen atoms in total. The highest BCUT2D eigenvalue weighted by Crippen LogP contribution is 2.55. The highest BCUT2D eigenvalue weighted by atomic mass is 15.2. The Morgan fingerprint density at radius 2 is 0.636 bits per heavy atom. The second kappa shape index (κ2) is 9.73. The van der Waals surface area contributed by atoms with Crippen molar-refractivity contribution in [2.45, 2.75) is 93.2 Å². The number of nitrogens with zero attached hydrogens (tertiary/aromatic N) is 2.